The van der Waals surface area contributed by atoms with E-state index in [9.17, 15) is 9.59 Å². The number of rotatable bonds is 6. The molecule has 0 aliphatic carbocycles. The second kappa shape index (κ2) is 9.13. The number of carbonyl (C=O) groups excluding carboxylic acids is 2. The number of aromatic nitrogens is 3. The van der Waals surface area contributed by atoms with Crippen molar-refractivity contribution in [2.75, 3.05) is 24.6 Å². The van der Waals surface area contributed by atoms with Gasteiger partial charge < -0.3 is 9.47 Å². The summed E-state index contributed by atoms with van der Waals surface area (Å²) in [5, 5.41) is 8.67. The van der Waals surface area contributed by atoms with E-state index in [2.05, 4.69) is 19.8 Å². The minimum atomic E-state index is -0.318. The Morgan fingerprint density at radius 3 is 2.33 bits per heavy atom. The molecule has 9 heteroatoms. The first-order chi connectivity index (χ1) is 15.9. The van der Waals surface area contributed by atoms with Crippen LogP contribution in [-0.2, 0) is 24.8 Å². The molecule has 172 valence electrons. The smallest absolute Gasteiger partial charge is 0.293 e. The fourth-order valence-corrected chi connectivity index (χ4v) is 3.63. The average molecular weight is 450 g/mol. The van der Waals surface area contributed by atoms with Crippen molar-refractivity contribution in [2.24, 2.45) is 0 Å². The van der Waals surface area contributed by atoms with Crippen molar-refractivity contribution < 1.29 is 19.1 Å². The number of nitrogens with zero attached hydrogens (tertiary/aromatic N) is 5. The fourth-order valence-electron chi connectivity index (χ4n) is 3.63. The van der Waals surface area contributed by atoms with Crippen LogP contribution in [0.1, 0.15) is 26.3 Å². The van der Waals surface area contributed by atoms with E-state index in [0.29, 0.717) is 12.3 Å². The van der Waals surface area contributed by atoms with Crippen molar-refractivity contribution in [1.82, 2.24) is 19.9 Å². The zero-order chi connectivity index (χ0) is 23.5. The second-order valence-corrected chi connectivity index (χ2v) is 8.73. The molecular weight excluding hydrogens is 422 g/mol. The molecule has 0 bridgehead atoms. The molecule has 1 aromatic heterocycles. The van der Waals surface area contributed by atoms with Crippen LogP contribution in [0.3, 0.4) is 0 Å². The van der Waals surface area contributed by atoms with E-state index in [0.717, 1.165) is 43.0 Å². The molecule has 5 rings (SSSR count). The quantitative estimate of drug-likeness (QED) is 0.422. The predicted molar refractivity (Wildman–Crippen MR) is 122 cm³/mol. The van der Waals surface area contributed by atoms with Gasteiger partial charge in [-0.1, -0.05) is 30.3 Å². The number of fused-ring (bicyclic) bond motifs is 1. The van der Waals surface area contributed by atoms with Crippen molar-refractivity contribution in [2.45, 2.75) is 32.1 Å². The van der Waals surface area contributed by atoms with Crippen LogP contribution in [0.15, 0.2) is 60.8 Å². The van der Waals surface area contributed by atoms with E-state index in [1.165, 1.54) is 9.70 Å². The first-order valence-electron chi connectivity index (χ1n) is 10.7. The maximum Gasteiger partial charge on any atom is 0.293 e. The average Bonchev–Trinajstić information content (AvgIpc) is 3.13. The second-order valence-electron chi connectivity index (χ2n) is 8.73. The molecule has 2 unspecified atom stereocenters. The number of hydrogen-bond donors (Lipinski definition) is 0. The number of benzene rings is 2. The Morgan fingerprint density at radius 1 is 1.09 bits per heavy atom. The summed E-state index contributed by atoms with van der Waals surface area (Å²) in [4.78, 5) is 26.6. The molecule has 2 aliphatic heterocycles. The number of ether oxygens (including phenoxy) is 2. The summed E-state index contributed by atoms with van der Waals surface area (Å²) >= 11 is 0. The summed E-state index contributed by atoms with van der Waals surface area (Å²) in [5.41, 5.74) is 2.15. The van der Waals surface area contributed by atoms with Gasteiger partial charge in [-0.2, -0.15) is 5.10 Å². The molecule has 33 heavy (non-hydrogen) atoms. The molecule has 0 spiro atoms. The Balaban J connectivity index is 0.000000325. The lowest BCUT2D eigenvalue weighted by Gasteiger charge is -2.16. The maximum absolute atomic E-state index is 11.7. The lowest BCUT2D eigenvalue weighted by atomic mass is 10.1. The van der Waals surface area contributed by atoms with E-state index in [1.54, 1.807) is 6.20 Å². The maximum atomic E-state index is 11.7. The minimum Gasteiger partial charge on any atom is -0.462 e. The molecule has 0 N–H and O–H groups in total. The Kier molecular flexibility index (Phi) is 6.26. The van der Waals surface area contributed by atoms with Crippen molar-refractivity contribution in [3.8, 4) is 5.69 Å². The summed E-state index contributed by atoms with van der Waals surface area (Å²) < 4.78 is 10.4. The van der Waals surface area contributed by atoms with Gasteiger partial charge in [0.15, 0.2) is 11.5 Å². The van der Waals surface area contributed by atoms with Crippen molar-refractivity contribution in [3.63, 3.8) is 0 Å². The Hall–Kier alpha value is -3.56. The number of hydrogen-bond acceptors (Lipinski definition) is 7. The van der Waals surface area contributed by atoms with E-state index in [1.807, 2.05) is 75.4 Å². The van der Waals surface area contributed by atoms with Gasteiger partial charge in [-0.3, -0.25) is 19.4 Å². The highest BCUT2D eigenvalue weighted by Crippen LogP contribution is 2.47. The van der Waals surface area contributed by atoms with Gasteiger partial charge in [0, 0.05) is 18.7 Å². The van der Waals surface area contributed by atoms with Crippen LogP contribution in [0.4, 0.5) is 11.5 Å². The van der Waals surface area contributed by atoms with Crippen LogP contribution < -0.4 is 4.90 Å². The summed E-state index contributed by atoms with van der Waals surface area (Å²) in [5.74, 6) is 0.472. The van der Waals surface area contributed by atoms with Crippen LogP contribution in [0, 0.1) is 0 Å². The summed E-state index contributed by atoms with van der Waals surface area (Å²) in [6.45, 7) is 8.61. The van der Waals surface area contributed by atoms with E-state index >= 15 is 0 Å². The first-order valence-corrected chi connectivity index (χ1v) is 10.7. The molecule has 2 aliphatic rings. The van der Waals surface area contributed by atoms with Gasteiger partial charge in [0.05, 0.1) is 24.2 Å². The number of morpholine rings is 1. The van der Waals surface area contributed by atoms with Crippen LogP contribution in [0.25, 0.3) is 5.69 Å². The standard InChI is InChI=1S/C19H17N5O2.C5H10O2/c25-14-23(18-12-20-24(21-18)17-4-2-1-3-5-17)16-8-6-15(7-9-16)19-13-22(19)10-11-26-19;1-5(2,3)7-4-6/h1-9,12,14H,10-11,13H2;4H,1-3H3. The lowest BCUT2D eigenvalue weighted by Crippen LogP contribution is -2.17. The summed E-state index contributed by atoms with van der Waals surface area (Å²) in [7, 11) is 0. The van der Waals surface area contributed by atoms with Crippen molar-refractivity contribution in [1.29, 1.82) is 0 Å². The Bertz CT molecular complexity index is 1090. The normalized spacial score (nSPS) is 20.8. The molecule has 9 nitrogen and oxygen atoms in total. The third-order valence-electron chi connectivity index (χ3n) is 5.33. The third-order valence-corrected chi connectivity index (χ3v) is 5.33. The van der Waals surface area contributed by atoms with Crippen molar-refractivity contribution in [3.05, 3.63) is 66.4 Å². The van der Waals surface area contributed by atoms with Gasteiger partial charge in [-0.05, 0) is 45.0 Å². The number of carbonyl (C=O) groups is 2. The van der Waals surface area contributed by atoms with Gasteiger partial charge in [0.25, 0.3) is 6.47 Å². The molecule has 2 atom stereocenters. The van der Waals surface area contributed by atoms with E-state index in [-0.39, 0.29) is 11.3 Å². The first kappa shape index (κ1) is 22.6. The highest BCUT2D eigenvalue weighted by molar-refractivity contribution is 5.84. The van der Waals surface area contributed by atoms with Crippen LogP contribution in [-0.4, -0.2) is 58.1 Å². The van der Waals surface area contributed by atoms with Gasteiger partial charge >= 0.3 is 0 Å². The topological polar surface area (TPSA) is 89.6 Å². The number of anilines is 2. The fraction of sp³-hybridized carbons (Fsp3) is 0.333. The zero-order valence-electron chi connectivity index (χ0n) is 18.9. The van der Waals surface area contributed by atoms with Gasteiger partial charge in [-0.15, -0.1) is 9.90 Å². The van der Waals surface area contributed by atoms with Gasteiger partial charge in [0.1, 0.15) is 5.60 Å². The molecule has 2 aromatic carbocycles. The third kappa shape index (κ3) is 4.94. The molecule has 0 radical (unpaired) electrons. The Morgan fingerprint density at radius 2 is 1.82 bits per heavy atom. The molecular formula is C24H27N5O4. The number of amides is 1. The van der Waals surface area contributed by atoms with Gasteiger partial charge in [0.2, 0.25) is 6.41 Å². The van der Waals surface area contributed by atoms with Crippen LogP contribution in [0.5, 0.6) is 0 Å². The molecule has 1 amide bonds. The van der Waals surface area contributed by atoms with Crippen LogP contribution in [0.2, 0.25) is 0 Å². The van der Waals surface area contributed by atoms with Crippen LogP contribution >= 0.6 is 0 Å². The highest BCUT2D eigenvalue weighted by atomic mass is 16.5. The highest BCUT2D eigenvalue weighted by Gasteiger charge is 2.58. The SMILES string of the molecule is CC(C)(C)OC=O.O=CN(c1ccc(C23CN2CCO3)cc1)c1cnn(-c2ccccc2)n1. The summed E-state index contributed by atoms with van der Waals surface area (Å²) in [6, 6.07) is 17.4. The molecule has 3 heterocycles. The zero-order valence-corrected chi connectivity index (χ0v) is 18.9. The van der Waals surface area contributed by atoms with Gasteiger partial charge in [-0.25, -0.2) is 0 Å². The van der Waals surface area contributed by atoms with E-state index < -0.39 is 0 Å². The lowest BCUT2D eigenvalue weighted by molar-refractivity contribution is -0.138. The summed E-state index contributed by atoms with van der Waals surface area (Å²) in [6.07, 6.45) is 2.33. The molecule has 2 fully saturated rings. The molecule has 3 aromatic rings. The Labute approximate surface area is 192 Å². The largest absolute Gasteiger partial charge is 0.462 e. The minimum absolute atomic E-state index is 0.235. The van der Waals surface area contributed by atoms with E-state index in [4.69, 9.17) is 4.74 Å². The molecule has 0 saturated carbocycles. The van der Waals surface area contributed by atoms with Crippen molar-refractivity contribution >= 4 is 24.4 Å². The monoisotopic (exact) mass is 449 g/mol. The number of para-hydroxylation sites is 1. The molecule has 2 saturated heterocycles. The predicted octanol–water partition coefficient (Wildman–Crippen LogP) is 3.02.